The van der Waals surface area contributed by atoms with Crippen molar-refractivity contribution in [1.82, 2.24) is 0 Å². The fourth-order valence-electron chi connectivity index (χ4n) is 4.66. The molecular weight excluding hydrogens is 408 g/mol. The number of hydrogen-bond acceptors (Lipinski definition) is 3. The zero-order chi connectivity index (χ0) is 23.7. The molecule has 32 heavy (non-hydrogen) atoms. The van der Waals surface area contributed by atoms with Crippen LogP contribution in [0.1, 0.15) is 77.6 Å². The SMILES string of the molecule is C/C(=N\c1c(C)c(C)cc(C)c1C)C1CCCC(/C(C)=N/c2c(C)c(C)cc(C)c2C)S1. The molecule has 0 amide bonds. The first-order valence-corrected chi connectivity index (χ1v) is 12.9. The zero-order valence-electron chi connectivity index (χ0n) is 21.7. The molecule has 1 fully saturated rings. The molecule has 0 aliphatic carbocycles. The van der Waals surface area contributed by atoms with Gasteiger partial charge >= 0.3 is 0 Å². The van der Waals surface area contributed by atoms with Gasteiger partial charge < -0.3 is 0 Å². The van der Waals surface area contributed by atoms with Crippen molar-refractivity contribution in [3.05, 3.63) is 56.6 Å². The third kappa shape index (κ3) is 5.03. The van der Waals surface area contributed by atoms with Crippen molar-refractivity contribution >= 4 is 34.6 Å². The fraction of sp³-hybridized carbons (Fsp3) is 0.517. The first kappa shape index (κ1) is 24.8. The Bertz CT molecular complexity index is 953. The normalized spacial score (nSPS) is 20.1. The van der Waals surface area contributed by atoms with Gasteiger partial charge in [-0.15, -0.1) is 11.8 Å². The highest BCUT2D eigenvalue weighted by molar-refractivity contribution is 8.02. The van der Waals surface area contributed by atoms with Crippen molar-refractivity contribution in [2.45, 2.75) is 99.0 Å². The molecule has 1 aliphatic heterocycles. The number of nitrogens with zero attached hydrogens (tertiary/aromatic N) is 2. The molecule has 2 unspecified atom stereocenters. The van der Waals surface area contributed by atoms with E-state index in [1.54, 1.807) is 0 Å². The molecule has 2 nitrogen and oxygen atoms in total. The van der Waals surface area contributed by atoms with Gasteiger partial charge in [0, 0.05) is 21.9 Å². The average molecular weight is 449 g/mol. The first-order valence-electron chi connectivity index (χ1n) is 11.9. The minimum absolute atomic E-state index is 0.458. The third-order valence-electron chi connectivity index (χ3n) is 7.42. The lowest BCUT2D eigenvalue weighted by Gasteiger charge is -2.29. The quantitative estimate of drug-likeness (QED) is 0.429. The molecule has 1 aliphatic rings. The highest BCUT2D eigenvalue weighted by Crippen LogP contribution is 2.37. The maximum absolute atomic E-state index is 5.19. The Hall–Kier alpha value is -1.87. The second-order valence-electron chi connectivity index (χ2n) is 9.77. The van der Waals surface area contributed by atoms with Crippen molar-refractivity contribution in [1.29, 1.82) is 0 Å². The predicted molar refractivity (Wildman–Crippen MR) is 145 cm³/mol. The Morgan fingerprint density at radius 2 is 0.938 bits per heavy atom. The monoisotopic (exact) mass is 448 g/mol. The van der Waals surface area contributed by atoms with Crippen LogP contribution in [0.15, 0.2) is 22.1 Å². The minimum Gasteiger partial charge on any atom is -0.256 e. The molecule has 0 spiro atoms. The Labute approximate surface area is 200 Å². The molecule has 3 rings (SSSR count). The lowest BCUT2D eigenvalue weighted by molar-refractivity contribution is 0.702. The van der Waals surface area contributed by atoms with E-state index in [0.29, 0.717) is 10.5 Å². The summed E-state index contributed by atoms with van der Waals surface area (Å²) in [6.45, 7) is 22.0. The van der Waals surface area contributed by atoms with E-state index in [-0.39, 0.29) is 0 Å². The van der Waals surface area contributed by atoms with Crippen LogP contribution in [0.5, 0.6) is 0 Å². The molecule has 0 radical (unpaired) electrons. The van der Waals surface area contributed by atoms with Crippen molar-refractivity contribution in [3.63, 3.8) is 0 Å². The van der Waals surface area contributed by atoms with E-state index in [9.17, 15) is 0 Å². The molecule has 0 aromatic heterocycles. The number of aliphatic imine (C=N–C) groups is 2. The largest absolute Gasteiger partial charge is 0.256 e. The van der Waals surface area contributed by atoms with Gasteiger partial charge in [0.2, 0.25) is 0 Å². The Morgan fingerprint density at radius 3 is 1.25 bits per heavy atom. The van der Waals surface area contributed by atoms with E-state index in [4.69, 9.17) is 9.98 Å². The molecule has 2 aromatic carbocycles. The summed E-state index contributed by atoms with van der Waals surface area (Å²) in [6.07, 6.45) is 3.64. The molecule has 3 heteroatoms. The second kappa shape index (κ2) is 9.95. The van der Waals surface area contributed by atoms with Crippen LogP contribution in [0.2, 0.25) is 0 Å². The predicted octanol–water partition coefficient (Wildman–Crippen LogP) is 8.69. The van der Waals surface area contributed by atoms with E-state index < -0.39 is 0 Å². The summed E-state index contributed by atoms with van der Waals surface area (Å²) in [4.78, 5) is 10.4. The van der Waals surface area contributed by atoms with Gasteiger partial charge in [-0.1, -0.05) is 18.6 Å². The maximum atomic E-state index is 5.19. The minimum atomic E-state index is 0.458. The van der Waals surface area contributed by atoms with E-state index in [1.807, 2.05) is 0 Å². The van der Waals surface area contributed by atoms with Gasteiger partial charge in [-0.2, -0.15) is 0 Å². The van der Waals surface area contributed by atoms with Crippen LogP contribution < -0.4 is 0 Å². The number of hydrogen-bond donors (Lipinski definition) is 0. The van der Waals surface area contributed by atoms with Crippen molar-refractivity contribution in [3.8, 4) is 0 Å². The highest BCUT2D eigenvalue weighted by atomic mass is 32.2. The van der Waals surface area contributed by atoms with Crippen molar-refractivity contribution in [2.24, 2.45) is 9.98 Å². The van der Waals surface area contributed by atoms with E-state index in [0.717, 1.165) is 0 Å². The first-order chi connectivity index (χ1) is 15.0. The lowest BCUT2D eigenvalue weighted by atomic mass is 9.98. The Balaban J connectivity index is 1.88. The molecule has 1 saturated heterocycles. The van der Waals surface area contributed by atoms with Crippen LogP contribution in [0.4, 0.5) is 11.4 Å². The van der Waals surface area contributed by atoms with Gasteiger partial charge in [0.25, 0.3) is 0 Å². The third-order valence-corrected chi connectivity index (χ3v) is 9.23. The molecular formula is C29H40N2S. The summed E-state index contributed by atoms with van der Waals surface area (Å²) in [6, 6.07) is 4.56. The molecule has 1 heterocycles. The molecule has 0 saturated carbocycles. The van der Waals surface area contributed by atoms with E-state index in [1.165, 1.54) is 86.6 Å². The summed E-state index contributed by atoms with van der Waals surface area (Å²) >= 11 is 2.06. The van der Waals surface area contributed by atoms with Crippen LogP contribution >= 0.6 is 11.8 Å². The van der Waals surface area contributed by atoms with E-state index in [2.05, 4.69) is 93.1 Å². The van der Waals surface area contributed by atoms with Gasteiger partial charge in [-0.05, 0) is 127 Å². The standard InChI is InChI=1S/C29H40N2S/c1-16-14-17(2)21(6)28(20(16)5)30-24(9)26-12-11-13-27(32-26)25(10)31-29-22(7)18(3)15-19(4)23(29)8/h14-15,26-27H,11-13H2,1-10H3/b30-24+,31-25+. The number of aryl methyl sites for hydroxylation is 4. The number of benzene rings is 2. The molecule has 2 atom stereocenters. The van der Waals surface area contributed by atoms with Crippen LogP contribution in [0.25, 0.3) is 0 Å². The average Bonchev–Trinajstić information content (AvgIpc) is 2.76. The summed E-state index contributed by atoms with van der Waals surface area (Å²) in [5.41, 5.74) is 15.4. The van der Waals surface area contributed by atoms with Crippen LogP contribution in [0, 0.1) is 55.4 Å². The van der Waals surface area contributed by atoms with E-state index >= 15 is 0 Å². The Morgan fingerprint density at radius 1 is 0.625 bits per heavy atom. The molecule has 0 bridgehead atoms. The topological polar surface area (TPSA) is 24.7 Å². The van der Waals surface area contributed by atoms with Gasteiger partial charge in [0.15, 0.2) is 0 Å². The number of thioether (sulfide) groups is 1. The number of rotatable bonds is 4. The van der Waals surface area contributed by atoms with Gasteiger partial charge in [-0.25, -0.2) is 0 Å². The molecule has 172 valence electrons. The summed E-state index contributed by atoms with van der Waals surface area (Å²) in [5, 5.41) is 0.917. The Kier molecular flexibility index (Phi) is 7.70. The fourth-order valence-corrected chi connectivity index (χ4v) is 6.16. The smallest absolute Gasteiger partial charge is 0.0692 e. The maximum Gasteiger partial charge on any atom is 0.0692 e. The van der Waals surface area contributed by atoms with Gasteiger partial charge in [0.05, 0.1) is 11.4 Å². The zero-order valence-corrected chi connectivity index (χ0v) is 22.5. The van der Waals surface area contributed by atoms with Gasteiger partial charge in [-0.3, -0.25) is 9.98 Å². The van der Waals surface area contributed by atoms with Crippen LogP contribution in [-0.2, 0) is 0 Å². The van der Waals surface area contributed by atoms with Crippen molar-refractivity contribution < 1.29 is 0 Å². The molecule has 0 N–H and O–H groups in total. The van der Waals surface area contributed by atoms with Crippen molar-refractivity contribution in [2.75, 3.05) is 0 Å². The summed E-state index contributed by atoms with van der Waals surface area (Å²) < 4.78 is 0. The second-order valence-corrected chi connectivity index (χ2v) is 11.2. The van der Waals surface area contributed by atoms with Crippen LogP contribution in [0.3, 0.4) is 0 Å². The molecule has 2 aromatic rings. The summed E-state index contributed by atoms with van der Waals surface area (Å²) in [7, 11) is 0. The lowest BCUT2D eigenvalue weighted by Crippen LogP contribution is -2.27. The van der Waals surface area contributed by atoms with Gasteiger partial charge in [0.1, 0.15) is 0 Å². The summed E-state index contributed by atoms with van der Waals surface area (Å²) in [5.74, 6) is 0. The van der Waals surface area contributed by atoms with Crippen LogP contribution in [-0.4, -0.2) is 21.9 Å². The highest BCUT2D eigenvalue weighted by Gasteiger charge is 2.27.